The number of hydrogen-bond acceptors (Lipinski definition) is 4. The predicted octanol–water partition coefficient (Wildman–Crippen LogP) is 5.40. The molecule has 162 valence electrons. The number of nitrogens with zero attached hydrogens (tertiary/aromatic N) is 2. The molecule has 0 aliphatic carbocycles. The number of anilines is 2. The molecule has 0 bridgehead atoms. The van der Waals surface area contributed by atoms with Crippen LogP contribution in [0.25, 0.3) is 5.57 Å². The van der Waals surface area contributed by atoms with Gasteiger partial charge in [0.15, 0.2) is 0 Å². The molecule has 1 aromatic heterocycles. The first-order chi connectivity index (χ1) is 15.4. The van der Waals surface area contributed by atoms with Crippen LogP contribution in [0.4, 0.5) is 11.5 Å². The Balaban J connectivity index is 1.54. The molecule has 0 spiro atoms. The first kappa shape index (κ1) is 21.8. The molecule has 32 heavy (non-hydrogen) atoms. The van der Waals surface area contributed by atoms with E-state index in [-0.39, 0.29) is 11.5 Å². The lowest BCUT2D eigenvalue weighted by Crippen LogP contribution is -2.30. The molecule has 0 atom stereocenters. The van der Waals surface area contributed by atoms with Gasteiger partial charge in [-0.25, -0.2) is 9.78 Å². The van der Waals surface area contributed by atoms with Gasteiger partial charge in [0, 0.05) is 23.1 Å². The largest absolute Gasteiger partial charge is 0.478 e. The van der Waals surface area contributed by atoms with Gasteiger partial charge in [-0.2, -0.15) is 0 Å². The number of carboxylic acids is 1. The molecule has 0 unspecified atom stereocenters. The van der Waals surface area contributed by atoms with Crippen LogP contribution in [-0.2, 0) is 0 Å². The van der Waals surface area contributed by atoms with E-state index in [1.54, 1.807) is 24.3 Å². The van der Waals surface area contributed by atoms with Crippen molar-refractivity contribution in [2.45, 2.75) is 13.3 Å². The van der Waals surface area contributed by atoms with Crippen molar-refractivity contribution in [2.75, 3.05) is 23.3 Å². The van der Waals surface area contributed by atoms with Gasteiger partial charge in [0.1, 0.15) is 11.4 Å². The number of aromatic carboxylic acids is 1. The van der Waals surface area contributed by atoms with Gasteiger partial charge < -0.3 is 15.3 Å². The second-order valence-corrected chi connectivity index (χ2v) is 8.52. The van der Waals surface area contributed by atoms with Crippen molar-refractivity contribution in [1.29, 1.82) is 0 Å². The molecule has 1 aliphatic heterocycles. The number of aryl methyl sites for hydroxylation is 1. The van der Waals surface area contributed by atoms with Gasteiger partial charge in [-0.05, 0) is 60.4 Å². The van der Waals surface area contributed by atoms with Gasteiger partial charge in [-0.3, -0.25) is 4.79 Å². The third kappa shape index (κ3) is 4.73. The summed E-state index contributed by atoms with van der Waals surface area (Å²) in [4.78, 5) is 30.8. The zero-order chi connectivity index (χ0) is 22.7. The predicted molar refractivity (Wildman–Crippen MR) is 129 cm³/mol. The number of amides is 1. The number of rotatable bonds is 5. The molecule has 2 N–H and O–H groups in total. The summed E-state index contributed by atoms with van der Waals surface area (Å²) < 4.78 is 0.870. The minimum atomic E-state index is -1.08. The minimum Gasteiger partial charge on any atom is -0.478 e. The molecular formula is C25H22BrN3O3. The molecule has 1 aliphatic rings. The standard InChI is InChI=1S/C25H22BrN3O3/c1-16-4-2-3-5-21(16)17-10-12-29(13-11-17)23-22(25(31)32)14-20(15-27-23)28-24(30)18-6-8-19(26)9-7-18/h2-10,14-15H,11-13H2,1H3,(H,28,30)(H,31,32). The molecule has 0 radical (unpaired) electrons. The van der Waals surface area contributed by atoms with Gasteiger partial charge in [-0.15, -0.1) is 0 Å². The van der Waals surface area contributed by atoms with Crippen LogP contribution in [0.3, 0.4) is 0 Å². The van der Waals surface area contributed by atoms with Crippen LogP contribution in [0.15, 0.2) is 71.3 Å². The van der Waals surface area contributed by atoms with Crippen LogP contribution in [0.5, 0.6) is 0 Å². The van der Waals surface area contributed by atoms with E-state index in [1.807, 2.05) is 17.0 Å². The van der Waals surface area contributed by atoms with E-state index in [0.717, 1.165) is 10.9 Å². The number of halogens is 1. The topological polar surface area (TPSA) is 82.5 Å². The summed E-state index contributed by atoms with van der Waals surface area (Å²) in [5.41, 5.74) is 4.58. The molecule has 2 aromatic carbocycles. The normalized spacial score (nSPS) is 13.4. The Morgan fingerprint density at radius 3 is 2.53 bits per heavy atom. The summed E-state index contributed by atoms with van der Waals surface area (Å²) in [6.45, 7) is 3.33. The third-order valence-corrected chi connectivity index (χ3v) is 5.99. The summed E-state index contributed by atoms with van der Waals surface area (Å²) in [6, 6.07) is 16.6. The number of pyridine rings is 1. The average Bonchev–Trinajstić information content (AvgIpc) is 2.80. The second kappa shape index (κ2) is 9.36. The van der Waals surface area contributed by atoms with E-state index in [4.69, 9.17) is 0 Å². The molecular weight excluding hydrogens is 470 g/mol. The van der Waals surface area contributed by atoms with E-state index in [9.17, 15) is 14.7 Å². The van der Waals surface area contributed by atoms with Crippen molar-refractivity contribution < 1.29 is 14.7 Å². The maximum atomic E-state index is 12.5. The maximum absolute atomic E-state index is 12.5. The zero-order valence-electron chi connectivity index (χ0n) is 17.5. The Labute approximate surface area is 194 Å². The van der Waals surface area contributed by atoms with E-state index >= 15 is 0 Å². The van der Waals surface area contributed by atoms with Gasteiger partial charge in [0.25, 0.3) is 5.91 Å². The molecule has 0 saturated carbocycles. The van der Waals surface area contributed by atoms with E-state index in [0.29, 0.717) is 30.2 Å². The monoisotopic (exact) mass is 491 g/mol. The third-order valence-electron chi connectivity index (χ3n) is 5.46. The van der Waals surface area contributed by atoms with Crippen LogP contribution in [0.1, 0.15) is 38.3 Å². The number of carbonyl (C=O) groups is 2. The SMILES string of the molecule is Cc1ccccc1C1=CCN(c2ncc(NC(=O)c3ccc(Br)cc3)cc2C(=O)O)CC1. The fraction of sp³-hybridized carbons (Fsp3) is 0.160. The summed E-state index contributed by atoms with van der Waals surface area (Å²) in [7, 11) is 0. The van der Waals surface area contributed by atoms with Crippen molar-refractivity contribution in [3.63, 3.8) is 0 Å². The fourth-order valence-corrected chi connectivity index (χ4v) is 4.04. The van der Waals surface area contributed by atoms with Crippen molar-refractivity contribution in [1.82, 2.24) is 4.98 Å². The highest BCUT2D eigenvalue weighted by Crippen LogP contribution is 2.29. The molecule has 4 rings (SSSR count). The molecule has 0 fully saturated rings. The molecule has 7 heteroatoms. The Bertz CT molecular complexity index is 1210. The molecule has 3 aromatic rings. The Kier molecular flexibility index (Phi) is 6.37. The first-order valence-corrected chi connectivity index (χ1v) is 11.0. The Morgan fingerprint density at radius 1 is 1.12 bits per heavy atom. The number of benzene rings is 2. The van der Waals surface area contributed by atoms with E-state index in [2.05, 4.69) is 51.4 Å². The molecule has 6 nitrogen and oxygen atoms in total. The lowest BCUT2D eigenvalue weighted by atomic mass is 9.95. The van der Waals surface area contributed by atoms with Crippen LogP contribution in [-0.4, -0.2) is 35.1 Å². The number of nitrogens with one attached hydrogen (secondary N) is 1. The summed E-state index contributed by atoms with van der Waals surface area (Å²) in [5, 5.41) is 12.5. The average molecular weight is 492 g/mol. The number of aromatic nitrogens is 1. The van der Waals surface area contributed by atoms with Gasteiger partial charge >= 0.3 is 5.97 Å². The lowest BCUT2D eigenvalue weighted by molar-refractivity contribution is 0.0696. The summed E-state index contributed by atoms with van der Waals surface area (Å²) in [6.07, 6.45) is 4.43. The lowest BCUT2D eigenvalue weighted by Gasteiger charge is -2.29. The van der Waals surface area contributed by atoms with Crippen LogP contribution in [0.2, 0.25) is 0 Å². The highest BCUT2D eigenvalue weighted by Gasteiger charge is 2.22. The highest BCUT2D eigenvalue weighted by atomic mass is 79.9. The Morgan fingerprint density at radius 2 is 1.88 bits per heavy atom. The van der Waals surface area contributed by atoms with Crippen molar-refractivity contribution in [3.8, 4) is 0 Å². The minimum absolute atomic E-state index is 0.0614. The van der Waals surface area contributed by atoms with Crippen LogP contribution >= 0.6 is 15.9 Å². The fourth-order valence-electron chi connectivity index (χ4n) is 3.78. The van der Waals surface area contributed by atoms with Gasteiger partial charge in [0.2, 0.25) is 0 Å². The summed E-state index contributed by atoms with van der Waals surface area (Å²) in [5.74, 6) is -1.01. The Hall–Kier alpha value is -3.45. The van der Waals surface area contributed by atoms with Crippen molar-refractivity contribution in [2.24, 2.45) is 0 Å². The van der Waals surface area contributed by atoms with Gasteiger partial charge in [0.05, 0.1) is 11.9 Å². The quantitative estimate of drug-likeness (QED) is 0.499. The highest BCUT2D eigenvalue weighted by molar-refractivity contribution is 9.10. The molecule has 0 saturated heterocycles. The summed E-state index contributed by atoms with van der Waals surface area (Å²) >= 11 is 3.34. The molecule has 2 heterocycles. The first-order valence-electron chi connectivity index (χ1n) is 10.2. The maximum Gasteiger partial charge on any atom is 0.339 e. The van der Waals surface area contributed by atoms with Crippen LogP contribution < -0.4 is 10.2 Å². The number of carbonyl (C=O) groups excluding carboxylic acids is 1. The second-order valence-electron chi connectivity index (χ2n) is 7.60. The van der Waals surface area contributed by atoms with E-state index < -0.39 is 5.97 Å². The number of carboxylic acid groups (broad SMARTS) is 1. The number of hydrogen-bond donors (Lipinski definition) is 2. The van der Waals surface area contributed by atoms with Crippen LogP contribution in [0, 0.1) is 6.92 Å². The van der Waals surface area contributed by atoms with Gasteiger partial charge in [-0.1, -0.05) is 46.3 Å². The smallest absolute Gasteiger partial charge is 0.339 e. The van der Waals surface area contributed by atoms with E-state index in [1.165, 1.54) is 29.0 Å². The van der Waals surface area contributed by atoms with Crippen molar-refractivity contribution >= 4 is 44.9 Å². The van der Waals surface area contributed by atoms with Crippen molar-refractivity contribution in [3.05, 3.63) is 93.6 Å². The zero-order valence-corrected chi connectivity index (χ0v) is 19.1. The molecule has 1 amide bonds.